The fourth-order valence-corrected chi connectivity index (χ4v) is 4.61. The number of nitrogens with one attached hydrogen (secondary N) is 1. The van der Waals surface area contributed by atoms with Gasteiger partial charge in [-0.05, 0) is 60.9 Å². The molecule has 0 aromatic carbocycles. The first-order valence-electron chi connectivity index (χ1n) is 10.5. The summed E-state index contributed by atoms with van der Waals surface area (Å²) in [6.07, 6.45) is 4.46. The van der Waals surface area contributed by atoms with E-state index in [0.717, 1.165) is 48.2 Å². The van der Waals surface area contributed by atoms with E-state index in [9.17, 15) is 8.78 Å². The molecular formula is C22H28F2N6S. The molecule has 1 fully saturated rings. The van der Waals surface area contributed by atoms with Crippen LogP contribution in [0.3, 0.4) is 0 Å². The number of aryl methyl sites for hydroxylation is 1. The van der Waals surface area contributed by atoms with Crippen molar-refractivity contribution >= 4 is 29.2 Å². The van der Waals surface area contributed by atoms with Gasteiger partial charge in [-0.1, -0.05) is 13.5 Å². The smallest absolute Gasteiger partial charge is 0.266 e. The number of fused-ring (bicyclic) bond motifs is 1. The molecule has 2 aromatic rings. The van der Waals surface area contributed by atoms with Crippen molar-refractivity contribution in [3.63, 3.8) is 0 Å². The van der Waals surface area contributed by atoms with E-state index in [1.807, 2.05) is 17.0 Å². The van der Waals surface area contributed by atoms with Gasteiger partial charge in [0.15, 0.2) is 0 Å². The van der Waals surface area contributed by atoms with Gasteiger partial charge in [0, 0.05) is 48.3 Å². The van der Waals surface area contributed by atoms with E-state index in [1.54, 1.807) is 6.20 Å². The van der Waals surface area contributed by atoms with Crippen molar-refractivity contribution in [2.24, 2.45) is 10.9 Å². The van der Waals surface area contributed by atoms with Gasteiger partial charge in [-0.2, -0.15) is 0 Å². The predicted molar refractivity (Wildman–Crippen MR) is 122 cm³/mol. The Morgan fingerprint density at radius 1 is 1.39 bits per heavy atom. The van der Waals surface area contributed by atoms with Gasteiger partial charge in [0.05, 0.1) is 6.04 Å². The Kier molecular flexibility index (Phi) is 6.18. The van der Waals surface area contributed by atoms with Crippen LogP contribution in [0, 0.1) is 0 Å². The summed E-state index contributed by atoms with van der Waals surface area (Å²) in [7, 11) is 0. The molecule has 1 aliphatic carbocycles. The van der Waals surface area contributed by atoms with Crippen LogP contribution in [-0.4, -0.2) is 35.0 Å². The van der Waals surface area contributed by atoms with Crippen molar-refractivity contribution < 1.29 is 8.78 Å². The lowest BCUT2D eigenvalue weighted by Crippen LogP contribution is -2.55. The van der Waals surface area contributed by atoms with Crippen LogP contribution >= 0.6 is 11.9 Å². The number of hydrogen-bond acceptors (Lipinski definition) is 7. The van der Waals surface area contributed by atoms with E-state index in [1.165, 1.54) is 5.56 Å². The van der Waals surface area contributed by atoms with Gasteiger partial charge in [0.1, 0.15) is 10.8 Å². The molecule has 3 heterocycles. The number of hydrogen-bond donors (Lipinski definition) is 3. The summed E-state index contributed by atoms with van der Waals surface area (Å²) in [5.41, 5.74) is 10.3. The topological polar surface area (TPSA) is 93.1 Å². The number of rotatable bonds is 5. The summed E-state index contributed by atoms with van der Waals surface area (Å²) >= 11 is 1.06. The summed E-state index contributed by atoms with van der Waals surface area (Å²) in [6.45, 7) is 6.69. The average molecular weight is 447 g/mol. The first-order valence-corrected chi connectivity index (χ1v) is 11.4. The Hall–Kier alpha value is -2.23. The first-order chi connectivity index (χ1) is 14.8. The van der Waals surface area contributed by atoms with E-state index >= 15 is 0 Å². The molecule has 0 radical (unpaired) electrons. The number of halogens is 2. The first kappa shape index (κ1) is 22.0. The van der Waals surface area contributed by atoms with Crippen molar-refractivity contribution in [1.82, 2.24) is 9.97 Å². The zero-order valence-electron chi connectivity index (χ0n) is 17.6. The fourth-order valence-electron chi connectivity index (χ4n) is 4.29. The zero-order chi connectivity index (χ0) is 22.2. The highest BCUT2D eigenvalue weighted by Crippen LogP contribution is 2.38. The number of nitrogens with zero attached hydrogens (tertiary/aromatic N) is 3. The van der Waals surface area contributed by atoms with Crippen LogP contribution in [0.15, 0.2) is 36.0 Å². The molecule has 1 saturated heterocycles. The lowest BCUT2D eigenvalue weighted by atomic mass is 9.85. The monoisotopic (exact) mass is 446 g/mol. The van der Waals surface area contributed by atoms with Gasteiger partial charge < -0.3 is 16.0 Å². The molecule has 0 bridgehead atoms. The van der Waals surface area contributed by atoms with Crippen LogP contribution < -0.4 is 21.1 Å². The van der Waals surface area contributed by atoms with Crippen LogP contribution in [-0.2, 0) is 6.42 Å². The molecule has 1 aliphatic heterocycles. The Morgan fingerprint density at radius 3 is 2.94 bits per heavy atom. The van der Waals surface area contributed by atoms with Gasteiger partial charge >= 0.3 is 0 Å². The highest BCUT2D eigenvalue weighted by Gasteiger charge is 2.42. The standard InChI is InChI=1S/C22H28F2N6S/c1-13-4-3-5-18-16(13)11-17(14(2)28-15-6-8-27-20(10-15)31-26)21(29-18)30-9-7-22(23,24)19(25)12-30/h6,8,10-11,13,19H,2-5,7,9,12,25-26H2,1H3,(H,27,28). The van der Waals surface area contributed by atoms with Gasteiger partial charge in [-0.25, -0.2) is 18.7 Å². The minimum absolute atomic E-state index is 0.0534. The third-order valence-corrected chi connectivity index (χ3v) is 6.61. The normalized spacial score (nSPS) is 22.7. The molecule has 0 spiro atoms. The average Bonchev–Trinajstić information content (AvgIpc) is 2.75. The lowest BCUT2D eigenvalue weighted by molar-refractivity contribution is -0.0394. The molecule has 0 amide bonds. The number of pyridine rings is 2. The number of anilines is 2. The number of alkyl halides is 2. The maximum atomic E-state index is 14.0. The van der Waals surface area contributed by atoms with Crippen LogP contribution in [0.1, 0.15) is 48.9 Å². The van der Waals surface area contributed by atoms with E-state index in [-0.39, 0.29) is 19.5 Å². The summed E-state index contributed by atoms with van der Waals surface area (Å²) in [5, 5.41) is 9.62. The Labute approximate surface area is 185 Å². The SMILES string of the molecule is C=C(Nc1ccnc(SN)c1)c1cc2c(nc1N1CCC(F)(F)C(N)C1)CCCC2C. The number of aromatic nitrogens is 2. The Balaban J connectivity index is 1.70. The zero-order valence-corrected chi connectivity index (χ0v) is 18.4. The minimum atomic E-state index is -2.86. The predicted octanol–water partition coefficient (Wildman–Crippen LogP) is 4.14. The van der Waals surface area contributed by atoms with Crippen LogP contribution in [0.4, 0.5) is 20.3 Å². The molecule has 166 valence electrons. The molecule has 31 heavy (non-hydrogen) atoms. The van der Waals surface area contributed by atoms with E-state index in [0.29, 0.717) is 22.5 Å². The van der Waals surface area contributed by atoms with Crippen molar-refractivity contribution in [3.05, 3.63) is 47.8 Å². The third-order valence-electron chi connectivity index (χ3n) is 6.15. The molecule has 5 N–H and O–H groups in total. The molecule has 2 aromatic heterocycles. The van der Waals surface area contributed by atoms with E-state index < -0.39 is 12.0 Å². The summed E-state index contributed by atoms with van der Waals surface area (Å²) in [4.78, 5) is 11.0. The second-order valence-electron chi connectivity index (χ2n) is 8.36. The summed E-state index contributed by atoms with van der Waals surface area (Å²) in [6, 6.07) is 4.56. The molecular weight excluding hydrogens is 418 g/mol. The minimum Gasteiger partial charge on any atom is -0.355 e. The van der Waals surface area contributed by atoms with Gasteiger partial charge in [0.25, 0.3) is 5.92 Å². The van der Waals surface area contributed by atoms with Crippen LogP contribution in [0.2, 0.25) is 0 Å². The van der Waals surface area contributed by atoms with Gasteiger partial charge in [-0.3, -0.25) is 5.14 Å². The van der Waals surface area contributed by atoms with Crippen LogP contribution in [0.25, 0.3) is 5.70 Å². The molecule has 2 atom stereocenters. The lowest BCUT2D eigenvalue weighted by Gasteiger charge is -2.38. The molecule has 6 nitrogen and oxygen atoms in total. The van der Waals surface area contributed by atoms with Gasteiger partial charge in [0.2, 0.25) is 0 Å². The van der Waals surface area contributed by atoms with Crippen LogP contribution in [0.5, 0.6) is 0 Å². The second kappa shape index (κ2) is 8.72. The highest BCUT2D eigenvalue weighted by molar-refractivity contribution is 7.97. The van der Waals surface area contributed by atoms with Gasteiger partial charge in [-0.15, -0.1) is 0 Å². The van der Waals surface area contributed by atoms with E-state index in [4.69, 9.17) is 15.9 Å². The highest BCUT2D eigenvalue weighted by atomic mass is 32.2. The second-order valence-corrected chi connectivity index (χ2v) is 9.01. The Bertz CT molecular complexity index is 982. The number of nitrogens with two attached hydrogens (primary N) is 2. The molecule has 2 aliphatic rings. The maximum Gasteiger partial charge on any atom is 0.266 e. The molecule has 0 saturated carbocycles. The molecule has 2 unspecified atom stereocenters. The quantitative estimate of drug-likeness (QED) is 0.595. The Morgan fingerprint density at radius 2 is 2.19 bits per heavy atom. The fraction of sp³-hybridized carbons (Fsp3) is 0.455. The number of piperidine rings is 1. The van der Waals surface area contributed by atoms with Crippen molar-refractivity contribution in [3.8, 4) is 0 Å². The van der Waals surface area contributed by atoms with Crippen molar-refractivity contribution in [2.45, 2.75) is 55.5 Å². The molecule has 4 rings (SSSR count). The van der Waals surface area contributed by atoms with Crippen molar-refractivity contribution in [2.75, 3.05) is 23.3 Å². The maximum absolute atomic E-state index is 14.0. The third kappa shape index (κ3) is 4.53. The van der Waals surface area contributed by atoms with E-state index in [2.05, 4.69) is 29.9 Å². The van der Waals surface area contributed by atoms with Crippen molar-refractivity contribution in [1.29, 1.82) is 0 Å². The summed E-state index contributed by atoms with van der Waals surface area (Å²) in [5.74, 6) is -1.80. The summed E-state index contributed by atoms with van der Waals surface area (Å²) < 4.78 is 28.0. The molecule has 9 heteroatoms. The largest absolute Gasteiger partial charge is 0.355 e.